The largest absolute Gasteiger partial charge is 0.325 e. The zero-order valence-corrected chi connectivity index (χ0v) is 12.7. The molecule has 0 aliphatic rings. The first-order valence-corrected chi connectivity index (χ1v) is 6.79. The Bertz CT molecular complexity index is 558. The molecule has 2 rings (SSSR count). The van der Waals surface area contributed by atoms with Gasteiger partial charge in [-0.3, -0.25) is 0 Å². The summed E-state index contributed by atoms with van der Waals surface area (Å²) in [6.07, 6.45) is 4.38. The molecule has 1 heterocycles. The molecule has 0 aliphatic carbocycles. The minimum Gasteiger partial charge on any atom is -0.325 e. The zero-order chi connectivity index (χ0) is 13.3. The summed E-state index contributed by atoms with van der Waals surface area (Å²) in [5, 5.41) is 0.700. The molecule has 0 amide bonds. The van der Waals surface area contributed by atoms with E-state index in [0.29, 0.717) is 5.02 Å². The minimum atomic E-state index is -0.267. The molecule has 0 bridgehead atoms. The standard InChI is InChI=1S/C13H15BrClN3/c1-13(2,16)6-10-7-17-8-18(10)12-4-3-9(15)5-11(12)14/h3-5,7-8H,6,16H2,1-2H3. The maximum Gasteiger partial charge on any atom is 0.0994 e. The van der Waals surface area contributed by atoms with E-state index in [1.165, 1.54) is 0 Å². The van der Waals surface area contributed by atoms with Crippen molar-refractivity contribution >= 4 is 27.5 Å². The molecule has 96 valence electrons. The summed E-state index contributed by atoms with van der Waals surface area (Å²) >= 11 is 9.47. The number of rotatable bonds is 3. The van der Waals surface area contributed by atoms with Crippen molar-refractivity contribution in [3.8, 4) is 5.69 Å². The second-order valence-electron chi connectivity index (χ2n) is 5.02. The monoisotopic (exact) mass is 327 g/mol. The van der Waals surface area contributed by atoms with Gasteiger partial charge in [-0.1, -0.05) is 11.6 Å². The van der Waals surface area contributed by atoms with E-state index in [1.807, 2.05) is 42.8 Å². The number of nitrogens with two attached hydrogens (primary N) is 1. The van der Waals surface area contributed by atoms with E-state index >= 15 is 0 Å². The predicted octanol–water partition coefficient (Wildman–Crippen LogP) is 3.57. The van der Waals surface area contributed by atoms with E-state index in [0.717, 1.165) is 22.3 Å². The van der Waals surface area contributed by atoms with Crippen LogP contribution in [0.2, 0.25) is 5.02 Å². The van der Waals surface area contributed by atoms with Crippen LogP contribution in [0.25, 0.3) is 5.69 Å². The third-order valence-corrected chi connectivity index (χ3v) is 3.39. The molecule has 1 aromatic heterocycles. The van der Waals surface area contributed by atoms with Gasteiger partial charge in [0.2, 0.25) is 0 Å². The van der Waals surface area contributed by atoms with Crippen LogP contribution in [0.15, 0.2) is 35.2 Å². The highest BCUT2D eigenvalue weighted by molar-refractivity contribution is 9.10. The van der Waals surface area contributed by atoms with Crippen LogP contribution in [0.4, 0.5) is 0 Å². The normalized spacial score (nSPS) is 11.8. The highest BCUT2D eigenvalue weighted by Crippen LogP contribution is 2.26. The molecule has 0 saturated heterocycles. The molecule has 0 atom stereocenters. The first-order chi connectivity index (χ1) is 8.37. The van der Waals surface area contributed by atoms with E-state index in [-0.39, 0.29) is 5.54 Å². The van der Waals surface area contributed by atoms with Crippen LogP contribution >= 0.6 is 27.5 Å². The zero-order valence-electron chi connectivity index (χ0n) is 10.3. The lowest BCUT2D eigenvalue weighted by Gasteiger charge is -2.19. The van der Waals surface area contributed by atoms with Gasteiger partial charge in [0.05, 0.1) is 12.0 Å². The fourth-order valence-corrected chi connectivity index (χ4v) is 2.69. The molecule has 0 radical (unpaired) electrons. The van der Waals surface area contributed by atoms with Crippen LogP contribution < -0.4 is 5.73 Å². The van der Waals surface area contributed by atoms with Gasteiger partial charge >= 0.3 is 0 Å². The molecular formula is C13H15BrClN3. The van der Waals surface area contributed by atoms with Gasteiger partial charge in [-0.25, -0.2) is 4.98 Å². The van der Waals surface area contributed by atoms with Crippen molar-refractivity contribution in [2.75, 3.05) is 0 Å². The van der Waals surface area contributed by atoms with E-state index in [9.17, 15) is 0 Å². The summed E-state index contributed by atoms with van der Waals surface area (Å²) in [4.78, 5) is 4.20. The number of imidazole rings is 1. The Hall–Kier alpha value is -0.840. The van der Waals surface area contributed by atoms with Crippen molar-refractivity contribution < 1.29 is 0 Å². The number of nitrogens with zero attached hydrogens (tertiary/aromatic N) is 2. The highest BCUT2D eigenvalue weighted by Gasteiger charge is 2.16. The average Bonchev–Trinajstić information content (AvgIpc) is 2.63. The fourth-order valence-electron chi connectivity index (χ4n) is 1.81. The van der Waals surface area contributed by atoms with Crippen molar-refractivity contribution in [1.82, 2.24) is 9.55 Å². The first kappa shape index (κ1) is 13.6. The quantitative estimate of drug-likeness (QED) is 0.936. The molecule has 2 N–H and O–H groups in total. The molecule has 3 nitrogen and oxygen atoms in total. The first-order valence-electron chi connectivity index (χ1n) is 5.62. The molecule has 1 aromatic carbocycles. The van der Waals surface area contributed by atoms with Crippen molar-refractivity contribution in [2.45, 2.75) is 25.8 Å². The Kier molecular flexibility index (Phi) is 3.80. The molecule has 5 heteroatoms. The lowest BCUT2D eigenvalue weighted by Crippen LogP contribution is -2.35. The average molecular weight is 329 g/mol. The Balaban J connectivity index is 2.42. The van der Waals surface area contributed by atoms with E-state index in [2.05, 4.69) is 20.9 Å². The van der Waals surface area contributed by atoms with Crippen molar-refractivity contribution in [1.29, 1.82) is 0 Å². The van der Waals surface area contributed by atoms with Crippen LogP contribution in [0.3, 0.4) is 0 Å². The third kappa shape index (κ3) is 3.13. The molecule has 2 aromatic rings. The molecule has 0 aliphatic heterocycles. The summed E-state index contributed by atoms with van der Waals surface area (Å²) in [6.45, 7) is 4.00. The molecule has 0 spiro atoms. The van der Waals surface area contributed by atoms with Crippen LogP contribution in [0, 0.1) is 0 Å². The maximum absolute atomic E-state index is 6.06. The van der Waals surface area contributed by atoms with Gasteiger partial charge in [0, 0.05) is 33.3 Å². The van der Waals surface area contributed by atoms with Gasteiger partial charge < -0.3 is 10.3 Å². The van der Waals surface area contributed by atoms with Gasteiger partial charge in [0.15, 0.2) is 0 Å². The molecule has 0 unspecified atom stereocenters. The lowest BCUT2D eigenvalue weighted by atomic mass is 10.0. The number of aromatic nitrogens is 2. The van der Waals surface area contributed by atoms with Crippen LogP contribution in [-0.2, 0) is 6.42 Å². The predicted molar refractivity (Wildman–Crippen MR) is 78.2 cm³/mol. The van der Waals surface area contributed by atoms with Crippen LogP contribution in [0.5, 0.6) is 0 Å². The number of hydrogen-bond donors (Lipinski definition) is 1. The Morgan fingerprint density at radius 2 is 2.17 bits per heavy atom. The van der Waals surface area contributed by atoms with Gasteiger partial charge in [0.25, 0.3) is 0 Å². The molecular weight excluding hydrogens is 314 g/mol. The minimum absolute atomic E-state index is 0.267. The second kappa shape index (κ2) is 5.03. The summed E-state index contributed by atoms with van der Waals surface area (Å²) in [6, 6.07) is 5.69. The number of hydrogen-bond acceptors (Lipinski definition) is 2. The van der Waals surface area contributed by atoms with E-state index in [1.54, 1.807) is 6.33 Å². The van der Waals surface area contributed by atoms with Crippen LogP contribution in [-0.4, -0.2) is 15.1 Å². The third-order valence-electron chi connectivity index (χ3n) is 2.52. The van der Waals surface area contributed by atoms with Gasteiger partial charge in [-0.05, 0) is 48.0 Å². The maximum atomic E-state index is 6.06. The highest BCUT2D eigenvalue weighted by atomic mass is 79.9. The van der Waals surface area contributed by atoms with Gasteiger partial charge in [0.1, 0.15) is 0 Å². The fraction of sp³-hybridized carbons (Fsp3) is 0.308. The van der Waals surface area contributed by atoms with Crippen LogP contribution in [0.1, 0.15) is 19.5 Å². The van der Waals surface area contributed by atoms with Crippen molar-refractivity contribution in [3.05, 3.63) is 45.9 Å². The molecule has 0 saturated carbocycles. The Labute approximate surface area is 120 Å². The number of halogens is 2. The second-order valence-corrected chi connectivity index (χ2v) is 6.31. The number of benzene rings is 1. The molecule has 18 heavy (non-hydrogen) atoms. The van der Waals surface area contributed by atoms with Crippen molar-refractivity contribution in [3.63, 3.8) is 0 Å². The Morgan fingerprint density at radius 1 is 1.44 bits per heavy atom. The Morgan fingerprint density at radius 3 is 2.78 bits per heavy atom. The summed E-state index contributed by atoms with van der Waals surface area (Å²) in [5.74, 6) is 0. The van der Waals surface area contributed by atoms with Crippen molar-refractivity contribution in [2.24, 2.45) is 5.73 Å². The lowest BCUT2D eigenvalue weighted by molar-refractivity contribution is 0.506. The van der Waals surface area contributed by atoms with E-state index in [4.69, 9.17) is 17.3 Å². The summed E-state index contributed by atoms with van der Waals surface area (Å²) in [5.41, 5.74) is 7.88. The molecule has 0 fully saturated rings. The van der Waals surface area contributed by atoms with Gasteiger partial charge in [-0.15, -0.1) is 0 Å². The summed E-state index contributed by atoms with van der Waals surface area (Å²) < 4.78 is 2.96. The SMILES string of the molecule is CC(C)(N)Cc1cncn1-c1ccc(Cl)cc1Br. The van der Waals surface area contributed by atoms with E-state index < -0.39 is 0 Å². The topological polar surface area (TPSA) is 43.8 Å². The smallest absolute Gasteiger partial charge is 0.0994 e. The van der Waals surface area contributed by atoms with Gasteiger partial charge in [-0.2, -0.15) is 0 Å². The summed E-state index contributed by atoms with van der Waals surface area (Å²) in [7, 11) is 0.